The van der Waals surface area contributed by atoms with Crippen LogP contribution in [0.2, 0.25) is 0 Å². The maximum atomic E-state index is 5.26. The van der Waals surface area contributed by atoms with Crippen LogP contribution in [0.25, 0.3) is 0 Å². The van der Waals surface area contributed by atoms with Gasteiger partial charge in [0, 0.05) is 19.5 Å². The summed E-state index contributed by atoms with van der Waals surface area (Å²) in [5, 5.41) is 4.50. The first-order valence-electron chi connectivity index (χ1n) is 4.92. The second-order valence-electron chi connectivity index (χ2n) is 3.08. The molecule has 1 aromatic heterocycles. The number of hydrogen-bond donors (Lipinski definition) is 2. The molecule has 4 nitrogen and oxygen atoms in total. The zero-order chi connectivity index (χ0) is 10.6. The van der Waals surface area contributed by atoms with Gasteiger partial charge in [-0.15, -0.1) is 0 Å². The van der Waals surface area contributed by atoms with Gasteiger partial charge in [-0.3, -0.25) is 16.0 Å². The zero-order valence-corrected chi connectivity index (χ0v) is 10.3. The second kappa shape index (κ2) is 5.48. The highest BCUT2D eigenvalue weighted by Crippen LogP contribution is 2.22. The molecule has 0 aromatic carbocycles. The number of aryl methyl sites for hydroxylation is 2. The number of hydrogen-bond acceptors (Lipinski definition) is 3. The lowest BCUT2D eigenvalue weighted by molar-refractivity contribution is 0.598. The SMILES string of the molecule is CCc1nn(CC)c(CCNN)c1Br. The van der Waals surface area contributed by atoms with Crippen LogP contribution in [0.3, 0.4) is 0 Å². The highest BCUT2D eigenvalue weighted by Gasteiger charge is 2.12. The van der Waals surface area contributed by atoms with E-state index in [-0.39, 0.29) is 0 Å². The molecule has 1 rings (SSSR count). The van der Waals surface area contributed by atoms with E-state index in [1.165, 1.54) is 5.69 Å². The number of rotatable bonds is 5. The van der Waals surface area contributed by atoms with Gasteiger partial charge in [-0.1, -0.05) is 6.92 Å². The van der Waals surface area contributed by atoms with Crippen LogP contribution in [0, 0.1) is 0 Å². The van der Waals surface area contributed by atoms with Gasteiger partial charge in [0.15, 0.2) is 0 Å². The van der Waals surface area contributed by atoms with E-state index in [1.807, 2.05) is 4.68 Å². The van der Waals surface area contributed by atoms with Gasteiger partial charge in [0.2, 0.25) is 0 Å². The molecule has 0 bridgehead atoms. The molecular formula is C9H17BrN4. The fourth-order valence-corrected chi connectivity index (χ4v) is 2.21. The summed E-state index contributed by atoms with van der Waals surface area (Å²) in [6.45, 7) is 5.88. The third-order valence-electron chi connectivity index (χ3n) is 2.20. The Kier molecular flexibility index (Phi) is 4.57. The minimum absolute atomic E-state index is 0.771. The molecule has 1 heterocycles. The van der Waals surface area contributed by atoms with E-state index in [1.54, 1.807) is 0 Å². The van der Waals surface area contributed by atoms with E-state index in [9.17, 15) is 0 Å². The monoisotopic (exact) mass is 260 g/mol. The minimum Gasteiger partial charge on any atom is -0.271 e. The van der Waals surface area contributed by atoms with Crippen molar-refractivity contribution in [1.82, 2.24) is 15.2 Å². The lowest BCUT2D eigenvalue weighted by Crippen LogP contribution is -2.25. The van der Waals surface area contributed by atoms with Gasteiger partial charge in [-0.25, -0.2) is 0 Å². The molecular weight excluding hydrogens is 244 g/mol. The van der Waals surface area contributed by atoms with Crippen LogP contribution < -0.4 is 11.3 Å². The second-order valence-corrected chi connectivity index (χ2v) is 3.87. The highest BCUT2D eigenvalue weighted by atomic mass is 79.9. The Morgan fingerprint density at radius 3 is 2.71 bits per heavy atom. The Balaban J connectivity index is 2.92. The van der Waals surface area contributed by atoms with Crippen LogP contribution in [0.1, 0.15) is 25.2 Å². The van der Waals surface area contributed by atoms with Gasteiger partial charge in [-0.05, 0) is 29.3 Å². The fraction of sp³-hybridized carbons (Fsp3) is 0.667. The summed E-state index contributed by atoms with van der Waals surface area (Å²) >= 11 is 3.58. The lowest BCUT2D eigenvalue weighted by atomic mass is 10.2. The molecule has 0 aliphatic rings. The van der Waals surface area contributed by atoms with Crippen molar-refractivity contribution in [1.29, 1.82) is 0 Å². The van der Waals surface area contributed by atoms with Gasteiger partial charge in [0.25, 0.3) is 0 Å². The van der Waals surface area contributed by atoms with Crippen molar-refractivity contribution >= 4 is 15.9 Å². The van der Waals surface area contributed by atoms with Crippen molar-refractivity contribution in [2.24, 2.45) is 5.84 Å². The van der Waals surface area contributed by atoms with Crippen molar-refractivity contribution in [3.63, 3.8) is 0 Å². The maximum Gasteiger partial charge on any atom is 0.0766 e. The van der Waals surface area contributed by atoms with Gasteiger partial charge in [0.05, 0.1) is 15.9 Å². The summed E-state index contributed by atoms with van der Waals surface area (Å²) in [5.41, 5.74) is 5.01. The van der Waals surface area contributed by atoms with Crippen molar-refractivity contribution in [3.8, 4) is 0 Å². The van der Waals surface area contributed by atoms with Crippen LogP contribution >= 0.6 is 15.9 Å². The molecule has 80 valence electrons. The molecule has 3 N–H and O–H groups in total. The lowest BCUT2D eigenvalue weighted by Gasteiger charge is -2.04. The molecule has 0 atom stereocenters. The highest BCUT2D eigenvalue weighted by molar-refractivity contribution is 9.10. The van der Waals surface area contributed by atoms with Crippen LogP contribution in [0.5, 0.6) is 0 Å². The Bertz CT molecular complexity index is 295. The molecule has 5 heteroatoms. The molecule has 0 unspecified atom stereocenters. The Hall–Kier alpha value is -0.390. The third kappa shape index (κ3) is 2.34. The fourth-order valence-electron chi connectivity index (χ4n) is 1.45. The normalized spacial score (nSPS) is 10.9. The first-order valence-corrected chi connectivity index (χ1v) is 5.71. The summed E-state index contributed by atoms with van der Waals surface area (Å²) < 4.78 is 3.16. The first kappa shape index (κ1) is 11.7. The maximum absolute atomic E-state index is 5.26. The van der Waals surface area contributed by atoms with Crippen LogP contribution in [0.15, 0.2) is 4.47 Å². The Labute approximate surface area is 93.0 Å². The summed E-state index contributed by atoms with van der Waals surface area (Å²) in [6, 6.07) is 0. The predicted octanol–water partition coefficient (Wildman–Crippen LogP) is 1.23. The largest absolute Gasteiger partial charge is 0.271 e. The Morgan fingerprint density at radius 1 is 1.50 bits per heavy atom. The van der Waals surface area contributed by atoms with Crippen molar-refractivity contribution in [2.45, 2.75) is 33.2 Å². The topological polar surface area (TPSA) is 55.9 Å². The summed E-state index contributed by atoms with van der Waals surface area (Å²) in [5.74, 6) is 5.26. The predicted molar refractivity (Wildman–Crippen MR) is 60.9 cm³/mol. The van der Waals surface area contributed by atoms with Gasteiger partial charge >= 0.3 is 0 Å². The molecule has 14 heavy (non-hydrogen) atoms. The molecule has 0 aliphatic carbocycles. The van der Waals surface area contributed by atoms with Gasteiger partial charge < -0.3 is 0 Å². The van der Waals surface area contributed by atoms with E-state index in [2.05, 4.69) is 40.3 Å². The minimum atomic E-state index is 0.771. The average molecular weight is 261 g/mol. The van der Waals surface area contributed by atoms with Crippen LogP contribution in [0.4, 0.5) is 0 Å². The third-order valence-corrected chi connectivity index (χ3v) is 3.12. The molecule has 0 spiro atoms. The molecule has 0 saturated carbocycles. The van der Waals surface area contributed by atoms with Crippen molar-refractivity contribution in [3.05, 3.63) is 15.9 Å². The van der Waals surface area contributed by atoms with Crippen LogP contribution in [-0.4, -0.2) is 16.3 Å². The van der Waals surface area contributed by atoms with Gasteiger partial charge in [0.1, 0.15) is 0 Å². The van der Waals surface area contributed by atoms with E-state index in [0.717, 1.165) is 36.1 Å². The van der Waals surface area contributed by atoms with E-state index in [4.69, 9.17) is 5.84 Å². The number of hydrazine groups is 1. The summed E-state index contributed by atoms with van der Waals surface area (Å²) in [7, 11) is 0. The van der Waals surface area contributed by atoms with E-state index in [0.29, 0.717) is 0 Å². The molecule has 0 radical (unpaired) electrons. The van der Waals surface area contributed by atoms with Gasteiger partial charge in [-0.2, -0.15) is 5.10 Å². The van der Waals surface area contributed by atoms with E-state index >= 15 is 0 Å². The smallest absolute Gasteiger partial charge is 0.0766 e. The first-order chi connectivity index (χ1) is 6.74. The quantitative estimate of drug-likeness (QED) is 0.619. The van der Waals surface area contributed by atoms with Crippen molar-refractivity contribution in [2.75, 3.05) is 6.54 Å². The zero-order valence-electron chi connectivity index (χ0n) is 8.68. The molecule has 0 saturated heterocycles. The van der Waals surface area contributed by atoms with E-state index < -0.39 is 0 Å². The number of halogens is 1. The summed E-state index contributed by atoms with van der Waals surface area (Å²) in [6.07, 6.45) is 1.86. The number of aromatic nitrogens is 2. The molecule has 1 aromatic rings. The Morgan fingerprint density at radius 2 is 2.21 bits per heavy atom. The standard InChI is InChI=1S/C9H17BrN4/c1-3-7-9(10)8(5-6-12-11)14(4-2)13-7/h12H,3-6,11H2,1-2H3. The summed E-state index contributed by atoms with van der Waals surface area (Å²) in [4.78, 5) is 0. The van der Waals surface area contributed by atoms with Crippen molar-refractivity contribution < 1.29 is 0 Å². The molecule has 0 aliphatic heterocycles. The molecule has 0 amide bonds. The number of nitrogens with one attached hydrogen (secondary N) is 1. The molecule has 0 fully saturated rings. The average Bonchev–Trinajstić information content (AvgIpc) is 2.52. The number of nitrogens with two attached hydrogens (primary N) is 1. The number of nitrogens with zero attached hydrogens (tertiary/aromatic N) is 2. The van der Waals surface area contributed by atoms with Crippen LogP contribution in [-0.2, 0) is 19.4 Å².